The molecular formula is C9H16N4. The second-order valence-corrected chi connectivity index (χ2v) is 3.07. The van der Waals surface area contributed by atoms with Crippen LogP contribution in [0.5, 0.6) is 0 Å². The second kappa shape index (κ2) is 5.48. The van der Waals surface area contributed by atoms with Crippen LogP contribution in [-0.4, -0.2) is 22.6 Å². The zero-order valence-electron chi connectivity index (χ0n) is 7.90. The van der Waals surface area contributed by atoms with E-state index in [0.29, 0.717) is 6.04 Å². The lowest BCUT2D eigenvalue weighted by Crippen LogP contribution is -2.17. The third-order valence-corrected chi connectivity index (χ3v) is 1.82. The highest BCUT2D eigenvalue weighted by Crippen LogP contribution is 2.04. The van der Waals surface area contributed by atoms with Crippen molar-refractivity contribution in [1.82, 2.24) is 9.97 Å². The van der Waals surface area contributed by atoms with Crippen LogP contribution in [0.1, 0.15) is 19.8 Å². The summed E-state index contributed by atoms with van der Waals surface area (Å²) >= 11 is 0. The molecule has 13 heavy (non-hydrogen) atoms. The van der Waals surface area contributed by atoms with Gasteiger partial charge in [-0.2, -0.15) is 0 Å². The van der Waals surface area contributed by atoms with E-state index >= 15 is 0 Å². The van der Waals surface area contributed by atoms with Crippen LogP contribution in [0.3, 0.4) is 0 Å². The van der Waals surface area contributed by atoms with Crippen LogP contribution >= 0.6 is 0 Å². The van der Waals surface area contributed by atoms with E-state index in [1.807, 2.05) is 6.07 Å². The summed E-state index contributed by atoms with van der Waals surface area (Å²) in [4.78, 5) is 7.92. The molecule has 1 atom stereocenters. The summed E-state index contributed by atoms with van der Waals surface area (Å²) in [6.07, 6.45) is 5.38. The molecule has 0 aromatic carbocycles. The summed E-state index contributed by atoms with van der Waals surface area (Å²) in [5.41, 5.74) is 5.42. The fourth-order valence-electron chi connectivity index (χ4n) is 1.12. The lowest BCUT2D eigenvalue weighted by Gasteiger charge is -2.12. The minimum Gasteiger partial charge on any atom is -0.368 e. The normalized spacial score (nSPS) is 12.5. The summed E-state index contributed by atoms with van der Waals surface area (Å²) in [6.45, 7) is 2.87. The van der Waals surface area contributed by atoms with Crippen molar-refractivity contribution < 1.29 is 0 Å². The molecule has 1 aromatic heterocycles. The van der Waals surface area contributed by atoms with Gasteiger partial charge in [0.25, 0.3) is 0 Å². The first kappa shape index (κ1) is 9.92. The molecule has 1 aromatic rings. The van der Waals surface area contributed by atoms with Crippen LogP contribution < -0.4 is 11.1 Å². The van der Waals surface area contributed by atoms with Crippen molar-refractivity contribution in [2.75, 3.05) is 11.9 Å². The van der Waals surface area contributed by atoms with Gasteiger partial charge in [-0.3, -0.25) is 0 Å². The van der Waals surface area contributed by atoms with Crippen molar-refractivity contribution in [3.05, 3.63) is 18.6 Å². The maximum atomic E-state index is 5.42. The van der Waals surface area contributed by atoms with Gasteiger partial charge >= 0.3 is 0 Å². The molecule has 0 spiro atoms. The van der Waals surface area contributed by atoms with Gasteiger partial charge in [0.2, 0.25) is 0 Å². The Balaban J connectivity index is 2.32. The zero-order chi connectivity index (χ0) is 9.52. The number of hydrogen-bond acceptors (Lipinski definition) is 4. The maximum Gasteiger partial charge on any atom is 0.129 e. The van der Waals surface area contributed by atoms with E-state index in [1.54, 1.807) is 6.20 Å². The van der Waals surface area contributed by atoms with Crippen LogP contribution in [0.2, 0.25) is 0 Å². The molecule has 0 bridgehead atoms. The molecule has 3 N–H and O–H groups in total. The molecule has 0 fully saturated rings. The Kier molecular flexibility index (Phi) is 4.18. The van der Waals surface area contributed by atoms with Crippen LogP contribution in [-0.2, 0) is 0 Å². The molecule has 72 valence electrons. The van der Waals surface area contributed by atoms with Crippen molar-refractivity contribution in [2.24, 2.45) is 5.73 Å². The van der Waals surface area contributed by atoms with Crippen LogP contribution in [0.15, 0.2) is 18.6 Å². The predicted octanol–water partition coefficient (Wildman–Crippen LogP) is 1.02. The number of nitrogens with two attached hydrogens (primary N) is 1. The number of hydrogen-bond donors (Lipinski definition) is 2. The molecule has 0 aliphatic heterocycles. The van der Waals surface area contributed by atoms with E-state index in [2.05, 4.69) is 22.2 Å². The lowest BCUT2D eigenvalue weighted by molar-refractivity contribution is 0.660. The molecule has 1 heterocycles. The fourth-order valence-corrected chi connectivity index (χ4v) is 1.12. The van der Waals surface area contributed by atoms with E-state index < -0.39 is 0 Å². The summed E-state index contributed by atoms with van der Waals surface area (Å²) in [5, 5.41) is 3.27. The Bertz CT molecular complexity index is 224. The third kappa shape index (κ3) is 3.85. The molecular weight excluding hydrogens is 164 g/mol. The standard InChI is InChI=1S/C9H16N4/c1-8(3-2-5-10)13-9-4-6-11-7-12-9/h4,6-8H,2-3,5,10H2,1H3,(H,11,12,13). The maximum absolute atomic E-state index is 5.42. The lowest BCUT2D eigenvalue weighted by atomic mass is 10.2. The average Bonchev–Trinajstić information content (AvgIpc) is 2.16. The van der Waals surface area contributed by atoms with Crippen LogP contribution in [0, 0.1) is 0 Å². The number of nitrogens with one attached hydrogen (secondary N) is 1. The highest BCUT2D eigenvalue weighted by Gasteiger charge is 2.00. The van der Waals surface area contributed by atoms with Gasteiger partial charge in [0.15, 0.2) is 0 Å². The quantitative estimate of drug-likeness (QED) is 0.710. The van der Waals surface area contributed by atoms with E-state index in [9.17, 15) is 0 Å². The molecule has 0 radical (unpaired) electrons. The molecule has 1 unspecified atom stereocenters. The molecule has 4 heteroatoms. The van der Waals surface area contributed by atoms with Gasteiger partial charge in [-0.05, 0) is 32.4 Å². The Morgan fingerprint density at radius 2 is 2.46 bits per heavy atom. The SMILES string of the molecule is CC(CCCN)Nc1ccncn1. The first-order valence-corrected chi connectivity index (χ1v) is 4.55. The Morgan fingerprint density at radius 1 is 1.62 bits per heavy atom. The van der Waals surface area contributed by atoms with Crippen molar-refractivity contribution in [2.45, 2.75) is 25.8 Å². The molecule has 0 amide bonds. The monoisotopic (exact) mass is 180 g/mol. The molecule has 0 saturated heterocycles. The average molecular weight is 180 g/mol. The third-order valence-electron chi connectivity index (χ3n) is 1.82. The van der Waals surface area contributed by atoms with Crippen molar-refractivity contribution >= 4 is 5.82 Å². The fraction of sp³-hybridized carbons (Fsp3) is 0.556. The Hall–Kier alpha value is -1.16. The van der Waals surface area contributed by atoms with E-state index in [0.717, 1.165) is 25.2 Å². The van der Waals surface area contributed by atoms with Gasteiger partial charge in [0, 0.05) is 12.2 Å². The number of nitrogens with zero attached hydrogens (tertiary/aromatic N) is 2. The first-order valence-electron chi connectivity index (χ1n) is 4.55. The number of anilines is 1. The minimum absolute atomic E-state index is 0.415. The van der Waals surface area contributed by atoms with Crippen molar-refractivity contribution in [1.29, 1.82) is 0 Å². The Labute approximate surface area is 78.6 Å². The number of rotatable bonds is 5. The first-order chi connectivity index (χ1) is 6.33. The molecule has 0 aliphatic carbocycles. The van der Waals surface area contributed by atoms with Gasteiger partial charge < -0.3 is 11.1 Å². The highest BCUT2D eigenvalue weighted by atomic mass is 15.0. The van der Waals surface area contributed by atoms with Gasteiger partial charge in [0.05, 0.1) is 0 Å². The molecule has 0 aliphatic rings. The Morgan fingerprint density at radius 3 is 3.08 bits per heavy atom. The van der Waals surface area contributed by atoms with Crippen LogP contribution in [0.25, 0.3) is 0 Å². The van der Waals surface area contributed by atoms with E-state index in [1.165, 1.54) is 6.33 Å². The van der Waals surface area contributed by atoms with Gasteiger partial charge in [0.1, 0.15) is 12.1 Å². The molecule has 0 saturated carbocycles. The van der Waals surface area contributed by atoms with Crippen LogP contribution in [0.4, 0.5) is 5.82 Å². The minimum atomic E-state index is 0.415. The second-order valence-electron chi connectivity index (χ2n) is 3.07. The zero-order valence-corrected chi connectivity index (χ0v) is 7.90. The number of aromatic nitrogens is 2. The largest absolute Gasteiger partial charge is 0.368 e. The smallest absolute Gasteiger partial charge is 0.129 e. The van der Waals surface area contributed by atoms with Crippen molar-refractivity contribution in [3.8, 4) is 0 Å². The van der Waals surface area contributed by atoms with Gasteiger partial charge in [-0.15, -0.1) is 0 Å². The van der Waals surface area contributed by atoms with Gasteiger partial charge in [-0.1, -0.05) is 0 Å². The predicted molar refractivity (Wildman–Crippen MR) is 53.4 cm³/mol. The summed E-state index contributed by atoms with van der Waals surface area (Å²) in [6, 6.07) is 2.28. The molecule has 4 nitrogen and oxygen atoms in total. The van der Waals surface area contributed by atoms with E-state index in [4.69, 9.17) is 5.73 Å². The summed E-state index contributed by atoms with van der Waals surface area (Å²) in [5.74, 6) is 0.875. The topological polar surface area (TPSA) is 63.8 Å². The van der Waals surface area contributed by atoms with E-state index in [-0.39, 0.29) is 0 Å². The van der Waals surface area contributed by atoms with Crippen molar-refractivity contribution in [3.63, 3.8) is 0 Å². The highest BCUT2D eigenvalue weighted by molar-refractivity contribution is 5.32. The summed E-state index contributed by atoms with van der Waals surface area (Å²) < 4.78 is 0. The molecule has 1 rings (SSSR count). The summed E-state index contributed by atoms with van der Waals surface area (Å²) in [7, 11) is 0. The van der Waals surface area contributed by atoms with Gasteiger partial charge in [-0.25, -0.2) is 9.97 Å².